The van der Waals surface area contributed by atoms with Gasteiger partial charge in [-0.15, -0.1) is 11.3 Å². The van der Waals surface area contributed by atoms with Gasteiger partial charge in [-0.05, 0) is 30.8 Å². The lowest BCUT2D eigenvalue weighted by Crippen LogP contribution is -2.48. The lowest BCUT2D eigenvalue weighted by Gasteiger charge is -2.33. The first-order valence-corrected chi connectivity index (χ1v) is 9.52. The molecule has 1 aromatic carbocycles. The molecule has 4 rings (SSSR count). The molecule has 1 saturated heterocycles. The number of thiophene rings is 1. The van der Waals surface area contributed by atoms with Crippen molar-refractivity contribution in [1.82, 2.24) is 19.4 Å². The summed E-state index contributed by atoms with van der Waals surface area (Å²) in [5.41, 5.74) is 2.09. The Kier molecular flexibility index (Phi) is 4.31. The predicted octanol–water partition coefficient (Wildman–Crippen LogP) is 3.08. The molecule has 0 atom stereocenters. The van der Waals surface area contributed by atoms with E-state index in [-0.39, 0.29) is 5.91 Å². The van der Waals surface area contributed by atoms with Gasteiger partial charge in [-0.25, -0.2) is 4.98 Å². The molecule has 3 heterocycles. The zero-order valence-electron chi connectivity index (χ0n) is 14.6. The molecule has 0 radical (unpaired) electrons. The molecule has 3 aromatic rings. The second-order valence-corrected chi connectivity index (χ2v) is 7.46. The molecule has 0 N–H and O–H groups in total. The van der Waals surface area contributed by atoms with Crippen molar-refractivity contribution in [2.24, 2.45) is 7.05 Å². The molecular formula is C19H22N4OS. The van der Waals surface area contributed by atoms with Gasteiger partial charge in [0.2, 0.25) is 0 Å². The largest absolute Gasteiger partial charge is 0.335 e. The number of fused-ring (bicyclic) bond motifs is 1. The van der Waals surface area contributed by atoms with Gasteiger partial charge in [-0.2, -0.15) is 0 Å². The number of carbonyl (C=O) groups excluding carboxylic acids is 1. The number of para-hydroxylation sites is 2. The summed E-state index contributed by atoms with van der Waals surface area (Å²) in [5.74, 6) is 1.06. The maximum atomic E-state index is 12.8. The average molecular weight is 354 g/mol. The van der Waals surface area contributed by atoms with Crippen LogP contribution in [0.25, 0.3) is 21.7 Å². The van der Waals surface area contributed by atoms with Gasteiger partial charge in [-0.1, -0.05) is 19.1 Å². The normalized spacial score (nSPS) is 15.8. The standard InChI is InChI=1S/C19H22N4OS/c1-3-22-10-12-23(13-11-22)19(24)17-9-8-16(25-17)18-20-14-6-4-5-7-15(14)21(18)2/h4-9H,3,10-13H2,1-2H3. The number of aromatic nitrogens is 2. The van der Waals surface area contributed by atoms with E-state index >= 15 is 0 Å². The lowest BCUT2D eigenvalue weighted by atomic mass is 10.3. The Morgan fingerprint density at radius 1 is 1.12 bits per heavy atom. The summed E-state index contributed by atoms with van der Waals surface area (Å²) >= 11 is 1.54. The third-order valence-electron chi connectivity index (χ3n) is 4.93. The van der Waals surface area contributed by atoms with E-state index in [0.29, 0.717) is 0 Å². The van der Waals surface area contributed by atoms with Crippen molar-refractivity contribution < 1.29 is 4.79 Å². The van der Waals surface area contributed by atoms with Crippen molar-refractivity contribution in [1.29, 1.82) is 0 Å². The molecular weight excluding hydrogens is 332 g/mol. The molecule has 0 bridgehead atoms. The molecule has 1 fully saturated rings. The van der Waals surface area contributed by atoms with E-state index in [1.165, 1.54) is 11.3 Å². The summed E-state index contributed by atoms with van der Waals surface area (Å²) < 4.78 is 2.09. The molecule has 5 nitrogen and oxygen atoms in total. The van der Waals surface area contributed by atoms with E-state index in [1.54, 1.807) is 0 Å². The van der Waals surface area contributed by atoms with Gasteiger partial charge in [0.15, 0.2) is 5.82 Å². The lowest BCUT2D eigenvalue weighted by molar-refractivity contribution is 0.0648. The number of likely N-dealkylation sites (N-methyl/N-ethyl adjacent to an activating group) is 1. The Hall–Kier alpha value is -2.18. The first-order chi connectivity index (χ1) is 12.2. The number of piperazine rings is 1. The van der Waals surface area contributed by atoms with Gasteiger partial charge in [0.1, 0.15) is 0 Å². The molecule has 25 heavy (non-hydrogen) atoms. The molecule has 6 heteroatoms. The number of hydrogen-bond donors (Lipinski definition) is 0. The van der Waals surface area contributed by atoms with Crippen molar-refractivity contribution in [2.75, 3.05) is 32.7 Å². The van der Waals surface area contributed by atoms with Crippen LogP contribution in [0.2, 0.25) is 0 Å². The monoisotopic (exact) mass is 354 g/mol. The smallest absolute Gasteiger partial charge is 0.264 e. The van der Waals surface area contributed by atoms with Gasteiger partial charge in [-0.3, -0.25) is 4.79 Å². The topological polar surface area (TPSA) is 41.4 Å². The highest BCUT2D eigenvalue weighted by atomic mass is 32.1. The highest BCUT2D eigenvalue weighted by Gasteiger charge is 2.23. The van der Waals surface area contributed by atoms with E-state index in [9.17, 15) is 4.79 Å². The number of amides is 1. The van der Waals surface area contributed by atoms with E-state index in [0.717, 1.165) is 59.3 Å². The quantitative estimate of drug-likeness (QED) is 0.726. The van der Waals surface area contributed by atoms with Crippen LogP contribution in [0.3, 0.4) is 0 Å². The second kappa shape index (κ2) is 6.61. The van der Waals surface area contributed by atoms with Crippen LogP contribution in [-0.4, -0.2) is 58.0 Å². The zero-order valence-corrected chi connectivity index (χ0v) is 15.4. The van der Waals surface area contributed by atoms with Gasteiger partial charge in [0.05, 0.1) is 20.8 Å². The Morgan fingerprint density at radius 3 is 2.60 bits per heavy atom. The fourth-order valence-corrected chi connectivity index (χ4v) is 4.36. The van der Waals surface area contributed by atoms with Crippen molar-refractivity contribution >= 4 is 28.3 Å². The fourth-order valence-electron chi connectivity index (χ4n) is 3.36. The summed E-state index contributed by atoms with van der Waals surface area (Å²) in [6, 6.07) is 12.1. The van der Waals surface area contributed by atoms with Crippen LogP contribution < -0.4 is 0 Å². The number of rotatable bonds is 3. The first-order valence-electron chi connectivity index (χ1n) is 8.70. The Bertz CT molecular complexity index is 905. The van der Waals surface area contributed by atoms with Crippen LogP contribution in [0.4, 0.5) is 0 Å². The summed E-state index contributed by atoms with van der Waals surface area (Å²) in [7, 11) is 2.02. The third-order valence-corrected chi connectivity index (χ3v) is 6.00. The number of benzene rings is 1. The van der Waals surface area contributed by atoms with Crippen molar-refractivity contribution in [3.8, 4) is 10.7 Å². The number of aryl methyl sites for hydroxylation is 1. The average Bonchev–Trinajstić information content (AvgIpc) is 3.27. The van der Waals surface area contributed by atoms with Crippen LogP contribution in [-0.2, 0) is 7.05 Å². The van der Waals surface area contributed by atoms with E-state index in [1.807, 2.05) is 42.3 Å². The minimum atomic E-state index is 0.144. The molecule has 0 saturated carbocycles. The van der Waals surface area contributed by atoms with Crippen LogP contribution in [0.1, 0.15) is 16.6 Å². The Morgan fingerprint density at radius 2 is 1.88 bits per heavy atom. The van der Waals surface area contributed by atoms with Gasteiger partial charge in [0.25, 0.3) is 5.91 Å². The van der Waals surface area contributed by atoms with Crippen LogP contribution >= 0.6 is 11.3 Å². The summed E-state index contributed by atoms with van der Waals surface area (Å²) in [6.07, 6.45) is 0. The van der Waals surface area contributed by atoms with E-state index in [2.05, 4.69) is 22.5 Å². The maximum Gasteiger partial charge on any atom is 0.264 e. The van der Waals surface area contributed by atoms with Gasteiger partial charge >= 0.3 is 0 Å². The molecule has 0 aliphatic carbocycles. The molecule has 1 amide bonds. The first kappa shape index (κ1) is 16.3. The number of hydrogen-bond acceptors (Lipinski definition) is 4. The predicted molar refractivity (Wildman–Crippen MR) is 102 cm³/mol. The zero-order chi connectivity index (χ0) is 17.4. The molecule has 0 spiro atoms. The van der Waals surface area contributed by atoms with Crippen LogP contribution in [0.5, 0.6) is 0 Å². The highest BCUT2D eigenvalue weighted by molar-refractivity contribution is 7.17. The highest BCUT2D eigenvalue weighted by Crippen LogP contribution is 2.30. The van der Waals surface area contributed by atoms with Crippen molar-refractivity contribution in [2.45, 2.75) is 6.92 Å². The number of imidazole rings is 1. The number of carbonyl (C=O) groups is 1. The molecule has 0 unspecified atom stereocenters. The van der Waals surface area contributed by atoms with Crippen LogP contribution in [0, 0.1) is 0 Å². The summed E-state index contributed by atoms with van der Waals surface area (Å²) in [4.78, 5) is 23.7. The van der Waals surface area contributed by atoms with E-state index < -0.39 is 0 Å². The Balaban J connectivity index is 1.57. The Labute approximate surface area is 151 Å². The molecule has 2 aromatic heterocycles. The molecule has 1 aliphatic heterocycles. The molecule has 1 aliphatic rings. The minimum Gasteiger partial charge on any atom is -0.335 e. The second-order valence-electron chi connectivity index (χ2n) is 6.37. The van der Waals surface area contributed by atoms with Crippen LogP contribution in [0.15, 0.2) is 36.4 Å². The summed E-state index contributed by atoms with van der Waals surface area (Å²) in [6.45, 7) is 6.77. The fraction of sp³-hybridized carbons (Fsp3) is 0.368. The molecule has 130 valence electrons. The van der Waals surface area contributed by atoms with Crippen molar-refractivity contribution in [3.63, 3.8) is 0 Å². The third kappa shape index (κ3) is 2.96. The van der Waals surface area contributed by atoms with E-state index in [4.69, 9.17) is 4.98 Å². The maximum absolute atomic E-state index is 12.8. The van der Waals surface area contributed by atoms with Crippen molar-refractivity contribution in [3.05, 3.63) is 41.3 Å². The minimum absolute atomic E-state index is 0.144. The number of nitrogens with zero attached hydrogens (tertiary/aromatic N) is 4. The SMILES string of the molecule is CCN1CCN(C(=O)c2ccc(-c3nc4ccccc4n3C)s2)CC1. The van der Waals surface area contributed by atoms with Gasteiger partial charge < -0.3 is 14.4 Å². The summed E-state index contributed by atoms with van der Waals surface area (Å²) in [5, 5.41) is 0. The van der Waals surface area contributed by atoms with Gasteiger partial charge in [0, 0.05) is 33.2 Å².